The number of halogens is 2. The summed E-state index contributed by atoms with van der Waals surface area (Å²) in [4.78, 5) is 0.197. The SMILES string of the molecule is C=CCCCN(C)S(=O)(=O)c1c(Br)cc(N)cc1Br. The molecule has 2 N–H and O–H groups in total. The van der Waals surface area contributed by atoms with Crippen molar-refractivity contribution < 1.29 is 8.42 Å². The van der Waals surface area contributed by atoms with Crippen LogP contribution in [0.2, 0.25) is 0 Å². The summed E-state index contributed by atoms with van der Waals surface area (Å²) >= 11 is 6.50. The smallest absolute Gasteiger partial charge is 0.245 e. The summed E-state index contributed by atoms with van der Waals surface area (Å²) in [6.07, 6.45) is 3.29. The summed E-state index contributed by atoms with van der Waals surface area (Å²) in [7, 11) is -1.98. The van der Waals surface area contributed by atoms with E-state index in [1.54, 1.807) is 25.3 Å². The maximum Gasteiger partial charge on any atom is 0.245 e. The predicted molar refractivity (Wildman–Crippen MR) is 85.5 cm³/mol. The first-order valence-electron chi connectivity index (χ1n) is 5.62. The molecule has 0 bridgehead atoms. The van der Waals surface area contributed by atoms with E-state index < -0.39 is 10.0 Å². The summed E-state index contributed by atoms with van der Waals surface area (Å²) in [6.45, 7) is 4.06. The summed E-state index contributed by atoms with van der Waals surface area (Å²) in [5, 5.41) is 0. The minimum Gasteiger partial charge on any atom is -0.399 e. The van der Waals surface area contributed by atoms with Gasteiger partial charge in [-0.05, 0) is 56.8 Å². The number of benzene rings is 1. The van der Waals surface area contributed by atoms with E-state index >= 15 is 0 Å². The van der Waals surface area contributed by atoms with E-state index in [-0.39, 0.29) is 4.90 Å². The van der Waals surface area contributed by atoms with Crippen LogP contribution < -0.4 is 5.73 Å². The van der Waals surface area contributed by atoms with Gasteiger partial charge in [0.2, 0.25) is 10.0 Å². The largest absolute Gasteiger partial charge is 0.399 e. The molecule has 19 heavy (non-hydrogen) atoms. The maximum absolute atomic E-state index is 12.5. The van der Waals surface area contributed by atoms with Crippen molar-refractivity contribution in [3.8, 4) is 0 Å². The number of hydrogen-bond donors (Lipinski definition) is 1. The van der Waals surface area contributed by atoms with Crippen LogP contribution in [0.15, 0.2) is 38.6 Å². The molecule has 1 aromatic rings. The van der Waals surface area contributed by atoms with Crippen LogP contribution in [0, 0.1) is 0 Å². The molecule has 106 valence electrons. The van der Waals surface area contributed by atoms with E-state index in [0.717, 1.165) is 12.8 Å². The van der Waals surface area contributed by atoms with Gasteiger partial charge in [0, 0.05) is 28.2 Å². The van der Waals surface area contributed by atoms with E-state index in [1.807, 2.05) is 0 Å². The molecule has 0 heterocycles. The number of hydrogen-bond acceptors (Lipinski definition) is 3. The highest BCUT2D eigenvalue weighted by Gasteiger charge is 2.26. The monoisotopic (exact) mass is 410 g/mol. The first-order valence-corrected chi connectivity index (χ1v) is 8.65. The Bertz CT molecular complexity index is 550. The summed E-state index contributed by atoms with van der Waals surface area (Å²) in [5.41, 5.74) is 6.16. The molecule has 4 nitrogen and oxygen atoms in total. The van der Waals surface area contributed by atoms with Gasteiger partial charge in [-0.25, -0.2) is 12.7 Å². The third-order valence-corrected chi connectivity index (χ3v) is 6.30. The molecule has 0 fully saturated rings. The Hall–Kier alpha value is -0.370. The Morgan fingerprint density at radius 1 is 1.37 bits per heavy atom. The lowest BCUT2D eigenvalue weighted by Crippen LogP contribution is -2.28. The van der Waals surface area contributed by atoms with E-state index in [9.17, 15) is 8.42 Å². The van der Waals surface area contributed by atoms with Crippen molar-refractivity contribution in [1.29, 1.82) is 0 Å². The zero-order valence-corrected chi connectivity index (χ0v) is 14.6. The first-order chi connectivity index (χ1) is 8.80. The average molecular weight is 412 g/mol. The lowest BCUT2D eigenvalue weighted by molar-refractivity contribution is 0.462. The first kappa shape index (κ1) is 16.7. The Labute approximate surface area is 131 Å². The molecule has 0 atom stereocenters. The minimum atomic E-state index is -3.55. The van der Waals surface area contributed by atoms with Crippen LogP contribution >= 0.6 is 31.9 Å². The fourth-order valence-electron chi connectivity index (χ4n) is 1.56. The molecule has 0 aliphatic heterocycles. The van der Waals surface area contributed by atoms with Crippen molar-refractivity contribution in [1.82, 2.24) is 4.31 Å². The number of nitrogens with two attached hydrogens (primary N) is 1. The summed E-state index contributed by atoms with van der Waals surface area (Å²) < 4.78 is 27.2. The molecule has 0 radical (unpaired) electrons. The topological polar surface area (TPSA) is 63.4 Å². The highest BCUT2D eigenvalue weighted by Crippen LogP contribution is 2.34. The summed E-state index contributed by atoms with van der Waals surface area (Å²) in [5.74, 6) is 0. The number of nitrogens with zero attached hydrogens (tertiary/aromatic N) is 1. The third kappa shape index (κ3) is 4.05. The molecule has 0 amide bonds. The van der Waals surface area contributed by atoms with Gasteiger partial charge < -0.3 is 5.73 Å². The summed E-state index contributed by atoms with van der Waals surface area (Å²) in [6, 6.07) is 3.16. The molecular weight excluding hydrogens is 396 g/mol. The van der Waals surface area contributed by atoms with Crippen LogP contribution in [-0.4, -0.2) is 26.3 Å². The molecule has 7 heteroatoms. The normalized spacial score (nSPS) is 11.8. The molecule has 1 aromatic carbocycles. The molecule has 0 aliphatic rings. The quantitative estimate of drug-likeness (QED) is 0.443. The second-order valence-electron chi connectivity index (χ2n) is 4.07. The Balaban J connectivity index is 3.10. The van der Waals surface area contributed by atoms with Gasteiger partial charge in [-0.15, -0.1) is 6.58 Å². The van der Waals surface area contributed by atoms with E-state index in [1.165, 1.54) is 4.31 Å². The minimum absolute atomic E-state index is 0.197. The van der Waals surface area contributed by atoms with E-state index in [2.05, 4.69) is 38.4 Å². The van der Waals surface area contributed by atoms with Gasteiger partial charge in [-0.2, -0.15) is 0 Å². The van der Waals surface area contributed by atoms with Crippen molar-refractivity contribution in [2.75, 3.05) is 19.3 Å². The van der Waals surface area contributed by atoms with Crippen LogP contribution in [-0.2, 0) is 10.0 Å². The molecule has 0 saturated carbocycles. The van der Waals surface area contributed by atoms with Crippen molar-refractivity contribution in [3.63, 3.8) is 0 Å². The Morgan fingerprint density at radius 2 is 1.89 bits per heavy atom. The van der Waals surface area contributed by atoms with Crippen LogP contribution in [0.4, 0.5) is 5.69 Å². The lowest BCUT2D eigenvalue weighted by Gasteiger charge is -2.19. The maximum atomic E-state index is 12.5. The lowest BCUT2D eigenvalue weighted by atomic mass is 10.3. The molecule has 0 aromatic heterocycles. The highest BCUT2D eigenvalue weighted by molar-refractivity contribution is 9.11. The van der Waals surface area contributed by atoms with Crippen LogP contribution in [0.5, 0.6) is 0 Å². The van der Waals surface area contributed by atoms with Crippen molar-refractivity contribution in [3.05, 3.63) is 33.7 Å². The zero-order valence-electron chi connectivity index (χ0n) is 10.6. The van der Waals surface area contributed by atoms with E-state index in [4.69, 9.17) is 5.73 Å². The molecule has 0 aliphatic carbocycles. The standard InChI is InChI=1S/C12H16Br2N2O2S/c1-3-4-5-6-16(2)19(17,18)12-10(13)7-9(15)8-11(12)14/h3,7-8H,1,4-6,15H2,2H3. The average Bonchev–Trinajstić information content (AvgIpc) is 2.27. The second-order valence-corrected chi connectivity index (χ2v) is 7.76. The fraction of sp³-hybridized carbons (Fsp3) is 0.333. The predicted octanol–water partition coefficient (Wildman–Crippen LogP) is 3.38. The van der Waals surface area contributed by atoms with Gasteiger partial charge in [0.1, 0.15) is 4.90 Å². The second kappa shape index (κ2) is 6.88. The van der Waals surface area contributed by atoms with Crippen LogP contribution in [0.3, 0.4) is 0 Å². The number of nitrogen functional groups attached to an aromatic ring is 1. The number of anilines is 1. The Kier molecular flexibility index (Phi) is 6.04. The third-order valence-electron chi connectivity index (χ3n) is 2.57. The van der Waals surface area contributed by atoms with Crippen molar-refractivity contribution in [2.24, 2.45) is 0 Å². The number of sulfonamides is 1. The highest BCUT2D eigenvalue weighted by atomic mass is 79.9. The van der Waals surface area contributed by atoms with Gasteiger partial charge in [0.25, 0.3) is 0 Å². The van der Waals surface area contributed by atoms with Crippen molar-refractivity contribution in [2.45, 2.75) is 17.7 Å². The van der Waals surface area contributed by atoms with Crippen LogP contribution in [0.25, 0.3) is 0 Å². The van der Waals surface area contributed by atoms with Crippen LogP contribution in [0.1, 0.15) is 12.8 Å². The number of rotatable bonds is 6. The van der Waals surface area contributed by atoms with Gasteiger partial charge >= 0.3 is 0 Å². The number of allylic oxidation sites excluding steroid dienone is 1. The molecule has 0 saturated heterocycles. The van der Waals surface area contributed by atoms with E-state index in [0.29, 0.717) is 21.2 Å². The van der Waals surface area contributed by atoms with Gasteiger partial charge in [0.05, 0.1) is 0 Å². The molecule has 0 spiro atoms. The van der Waals surface area contributed by atoms with Crippen molar-refractivity contribution >= 4 is 47.6 Å². The molecular formula is C12H16Br2N2O2S. The molecule has 1 rings (SSSR count). The fourth-order valence-corrected chi connectivity index (χ4v) is 5.30. The van der Waals surface area contributed by atoms with Gasteiger partial charge in [0.15, 0.2) is 0 Å². The zero-order chi connectivity index (χ0) is 14.6. The molecule has 0 unspecified atom stereocenters. The Morgan fingerprint density at radius 3 is 2.37 bits per heavy atom. The van der Waals surface area contributed by atoms with Gasteiger partial charge in [-0.1, -0.05) is 6.08 Å². The van der Waals surface area contributed by atoms with Gasteiger partial charge in [-0.3, -0.25) is 0 Å². The number of unbranched alkanes of at least 4 members (excludes halogenated alkanes) is 1.